The standard InChI is InChI=1S/C15H29N5/c1-16(6-4-8-19-12-10-17(2)14-19)7-5-9-20-13-11-18(3)15-20/h10-13H,4-9,14-15H2,1-3H3. The van der Waals surface area contributed by atoms with E-state index in [9.17, 15) is 0 Å². The average Bonchev–Trinajstić information content (AvgIpc) is 2.99. The van der Waals surface area contributed by atoms with E-state index in [1.54, 1.807) is 0 Å². The minimum atomic E-state index is 1.04. The quantitative estimate of drug-likeness (QED) is 0.658. The summed E-state index contributed by atoms with van der Waals surface area (Å²) >= 11 is 0. The lowest BCUT2D eigenvalue weighted by molar-refractivity contribution is 0.248. The van der Waals surface area contributed by atoms with E-state index in [1.165, 1.54) is 25.9 Å². The van der Waals surface area contributed by atoms with Crippen LogP contribution in [0.1, 0.15) is 12.8 Å². The van der Waals surface area contributed by atoms with Gasteiger partial charge >= 0.3 is 0 Å². The van der Waals surface area contributed by atoms with Gasteiger partial charge in [-0.1, -0.05) is 0 Å². The second-order valence-corrected chi connectivity index (χ2v) is 6.03. The molecule has 0 fully saturated rings. The van der Waals surface area contributed by atoms with Gasteiger partial charge in [0, 0.05) is 52.0 Å². The van der Waals surface area contributed by atoms with Crippen LogP contribution < -0.4 is 0 Å². The van der Waals surface area contributed by atoms with Crippen molar-refractivity contribution < 1.29 is 0 Å². The van der Waals surface area contributed by atoms with Crippen LogP contribution in [0.4, 0.5) is 0 Å². The molecule has 0 bridgehead atoms. The van der Waals surface area contributed by atoms with Crippen molar-refractivity contribution in [1.29, 1.82) is 0 Å². The van der Waals surface area contributed by atoms with Crippen molar-refractivity contribution in [2.24, 2.45) is 0 Å². The van der Waals surface area contributed by atoms with Crippen LogP contribution in [-0.2, 0) is 0 Å². The summed E-state index contributed by atoms with van der Waals surface area (Å²) < 4.78 is 0. The number of rotatable bonds is 8. The molecule has 20 heavy (non-hydrogen) atoms. The highest BCUT2D eigenvalue weighted by atomic mass is 15.3. The Labute approximate surface area is 123 Å². The summed E-state index contributed by atoms with van der Waals surface area (Å²) in [5.74, 6) is 0. The van der Waals surface area contributed by atoms with Gasteiger partial charge < -0.3 is 24.5 Å². The van der Waals surface area contributed by atoms with Crippen LogP contribution in [0.5, 0.6) is 0 Å². The van der Waals surface area contributed by atoms with Crippen LogP contribution in [0, 0.1) is 0 Å². The molecule has 2 heterocycles. The Kier molecular flexibility index (Phi) is 5.59. The van der Waals surface area contributed by atoms with Crippen LogP contribution in [0.25, 0.3) is 0 Å². The van der Waals surface area contributed by atoms with E-state index in [0.29, 0.717) is 0 Å². The summed E-state index contributed by atoms with van der Waals surface area (Å²) in [4.78, 5) is 11.6. The molecule has 2 rings (SSSR count). The minimum Gasteiger partial charge on any atom is -0.362 e. The van der Waals surface area contributed by atoms with Crippen LogP contribution in [0.2, 0.25) is 0 Å². The van der Waals surface area contributed by atoms with Crippen LogP contribution in [-0.4, -0.2) is 85.2 Å². The van der Waals surface area contributed by atoms with E-state index in [4.69, 9.17) is 0 Å². The van der Waals surface area contributed by atoms with Crippen molar-refractivity contribution in [3.63, 3.8) is 0 Å². The molecule has 0 unspecified atom stereocenters. The fourth-order valence-electron chi connectivity index (χ4n) is 2.67. The first kappa shape index (κ1) is 15.0. The van der Waals surface area contributed by atoms with Crippen molar-refractivity contribution in [1.82, 2.24) is 24.5 Å². The van der Waals surface area contributed by atoms with E-state index in [1.807, 2.05) is 0 Å². The predicted octanol–water partition coefficient (Wildman–Crippen LogP) is 1.05. The van der Waals surface area contributed by atoms with Gasteiger partial charge in [-0.3, -0.25) is 0 Å². The third kappa shape index (κ3) is 4.96. The molecule has 0 aromatic rings. The van der Waals surface area contributed by atoms with Crippen molar-refractivity contribution in [3.05, 3.63) is 24.8 Å². The summed E-state index contributed by atoms with van der Waals surface area (Å²) in [6.45, 7) is 6.76. The lowest BCUT2D eigenvalue weighted by Crippen LogP contribution is -2.29. The highest BCUT2D eigenvalue weighted by Crippen LogP contribution is 2.06. The highest BCUT2D eigenvalue weighted by molar-refractivity contribution is 4.89. The second-order valence-electron chi connectivity index (χ2n) is 6.03. The van der Waals surface area contributed by atoms with Gasteiger partial charge in [0.2, 0.25) is 0 Å². The van der Waals surface area contributed by atoms with E-state index in [2.05, 4.69) is 70.4 Å². The maximum absolute atomic E-state index is 2.45. The van der Waals surface area contributed by atoms with Crippen LogP contribution >= 0.6 is 0 Å². The molecule has 2 aliphatic heterocycles. The number of nitrogens with zero attached hydrogens (tertiary/aromatic N) is 5. The van der Waals surface area contributed by atoms with Crippen molar-refractivity contribution in [2.75, 3.05) is 60.7 Å². The Morgan fingerprint density at radius 2 is 1.25 bits per heavy atom. The Morgan fingerprint density at radius 3 is 1.60 bits per heavy atom. The molecule has 0 aromatic carbocycles. The fraction of sp³-hybridized carbons (Fsp3) is 0.733. The molecule has 0 aromatic heterocycles. The largest absolute Gasteiger partial charge is 0.362 e. The predicted molar refractivity (Wildman–Crippen MR) is 83.7 cm³/mol. The Bertz CT molecular complexity index is 309. The molecule has 114 valence electrons. The average molecular weight is 279 g/mol. The highest BCUT2D eigenvalue weighted by Gasteiger charge is 2.09. The molecular weight excluding hydrogens is 250 g/mol. The molecule has 0 aliphatic carbocycles. The first-order valence-corrected chi connectivity index (χ1v) is 7.57. The monoisotopic (exact) mass is 279 g/mol. The van der Waals surface area contributed by atoms with Gasteiger partial charge in [0.1, 0.15) is 0 Å². The molecule has 0 N–H and O–H groups in total. The van der Waals surface area contributed by atoms with Crippen LogP contribution in [0.3, 0.4) is 0 Å². The molecule has 5 nitrogen and oxygen atoms in total. The molecular formula is C15H29N5. The molecule has 2 aliphatic rings. The third-order valence-electron chi connectivity index (χ3n) is 3.84. The summed E-state index contributed by atoms with van der Waals surface area (Å²) in [5.41, 5.74) is 0. The van der Waals surface area contributed by atoms with Crippen molar-refractivity contribution >= 4 is 0 Å². The first-order chi connectivity index (χ1) is 9.63. The lowest BCUT2D eigenvalue weighted by Gasteiger charge is -2.22. The van der Waals surface area contributed by atoms with Gasteiger partial charge in [0.15, 0.2) is 0 Å². The minimum absolute atomic E-state index is 1.04. The van der Waals surface area contributed by atoms with Gasteiger partial charge in [0.25, 0.3) is 0 Å². The van der Waals surface area contributed by atoms with E-state index < -0.39 is 0 Å². The van der Waals surface area contributed by atoms with Gasteiger partial charge in [-0.2, -0.15) is 0 Å². The Morgan fingerprint density at radius 1 is 0.800 bits per heavy atom. The molecule has 5 heteroatoms. The molecule has 0 amide bonds. The topological polar surface area (TPSA) is 16.2 Å². The Hall–Kier alpha value is -1.36. The van der Waals surface area contributed by atoms with Gasteiger partial charge in [-0.05, 0) is 33.0 Å². The van der Waals surface area contributed by atoms with E-state index in [-0.39, 0.29) is 0 Å². The molecule has 0 atom stereocenters. The Balaban J connectivity index is 1.47. The van der Waals surface area contributed by atoms with Crippen molar-refractivity contribution in [3.8, 4) is 0 Å². The number of hydrogen-bond donors (Lipinski definition) is 0. The summed E-state index contributed by atoms with van der Waals surface area (Å²) in [6.07, 6.45) is 11.1. The van der Waals surface area contributed by atoms with E-state index in [0.717, 1.165) is 26.4 Å². The second kappa shape index (κ2) is 7.43. The zero-order valence-corrected chi connectivity index (χ0v) is 13.2. The van der Waals surface area contributed by atoms with Gasteiger partial charge in [0.05, 0.1) is 13.3 Å². The molecule has 0 radical (unpaired) electrons. The third-order valence-corrected chi connectivity index (χ3v) is 3.84. The molecule has 0 spiro atoms. The summed E-state index contributed by atoms with van der Waals surface area (Å²) in [7, 11) is 6.47. The zero-order valence-electron chi connectivity index (χ0n) is 13.2. The van der Waals surface area contributed by atoms with Crippen LogP contribution in [0.15, 0.2) is 24.8 Å². The summed E-state index contributed by atoms with van der Waals surface area (Å²) in [6, 6.07) is 0. The normalized spacial score (nSPS) is 18.2. The van der Waals surface area contributed by atoms with E-state index >= 15 is 0 Å². The molecule has 0 saturated heterocycles. The lowest BCUT2D eigenvalue weighted by atomic mass is 10.3. The van der Waals surface area contributed by atoms with Crippen molar-refractivity contribution in [2.45, 2.75) is 12.8 Å². The SMILES string of the molecule is CN1C=CN(CCCN(C)CCCN2C=CN(C)C2)C1. The maximum atomic E-state index is 2.45. The molecule has 0 saturated carbocycles. The number of hydrogen-bond acceptors (Lipinski definition) is 5. The summed E-state index contributed by atoms with van der Waals surface area (Å²) in [5, 5.41) is 0. The fourth-order valence-corrected chi connectivity index (χ4v) is 2.67. The van der Waals surface area contributed by atoms with Gasteiger partial charge in [-0.25, -0.2) is 0 Å². The maximum Gasteiger partial charge on any atom is 0.0890 e. The van der Waals surface area contributed by atoms with Gasteiger partial charge in [-0.15, -0.1) is 0 Å². The smallest absolute Gasteiger partial charge is 0.0890 e. The first-order valence-electron chi connectivity index (χ1n) is 7.57. The zero-order chi connectivity index (χ0) is 14.4.